The van der Waals surface area contributed by atoms with Crippen molar-refractivity contribution >= 4 is 17.7 Å². The van der Waals surface area contributed by atoms with Crippen molar-refractivity contribution in [2.75, 3.05) is 13.2 Å². The molecule has 0 heterocycles. The van der Waals surface area contributed by atoms with E-state index in [1.165, 1.54) is 24.8 Å². The van der Waals surface area contributed by atoms with Crippen molar-refractivity contribution in [3.05, 3.63) is 23.8 Å². The van der Waals surface area contributed by atoms with Crippen LogP contribution in [0.25, 0.3) is 0 Å². The average Bonchev–Trinajstić information content (AvgIpc) is 3.11. The number of fused-ring (bicyclic) bond motifs is 5. The summed E-state index contributed by atoms with van der Waals surface area (Å²) < 4.78 is 10.4. The Balaban J connectivity index is 1.49. The van der Waals surface area contributed by atoms with Gasteiger partial charge >= 0.3 is 11.9 Å². The van der Waals surface area contributed by atoms with Gasteiger partial charge in [-0.1, -0.05) is 26.0 Å². The Morgan fingerprint density at radius 1 is 1.03 bits per heavy atom. The maximum atomic E-state index is 12.4. The summed E-state index contributed by atoms with van der Waals surface area (Å²) in [6, 6.07) is 0. The highest BCUT2D eigenvalue weighted by molar-refractivity contribution is 5.94. The fourth-order valence-electron chi connectivity index (χ4n) is 7.77. The second kappa shape index (κ2) is 9.38. The van der Waals surface area contributed by atoms with E-state index in [0.29, 0.717) is 36.5 Å². The second-order valence-corrected chi connectivity index (χ2v) is 11.1. The molecule has 0 N–H and O–H groups in total. The Hall–Kier alpha value is -1.91. The van der Waals surface area contributed by atoms with E-state index in [4.69, 9.17) is 9.47 Å². The van der Waals surface area contributed by atoms with E-state index < -0.39 is 17.9 Å². The molecule has 0 aromatic rings. The largest absolute Gasteiger partial charge is 0.465 e. The monoisotopic (exact) mass is 456 g/mol. The molecule has 2 fully saturated rings. The van der Waals surface area contributed by atoms with Gasteiger partial charge in [-0.3, -0.25) is 14.4 Å². The molecule has 5 heteroatoms. The van der Waals surface area contributed by atoms with Crippen LogP contribution in [-0.4, -0.2) is 30.9 Å². The lowest BCUT2D eigenvalue weighted by Crippen LogP contribution is -2.49. The van der Waals surface area contributed by atoms with Gasteiger partial charge in [0.05, 0.1) is 13.2 Å². The van der Waals surface area contributed by atoms with Crippen LogP contribution in [0, 0.1) is 40.4 Å². The zero-order valence-electron chi connectivity index (χ0n) is 20.7. The smallest absolute Gasteiger partial charge is 0.320 e. The molecule has 33 heavy (non-hydrogen) atoms. The Labute approximate surface area is 198 Å². The number of allylic oxidation sites excluding steroid dienone is 4. The molecule has 0 aliphatic heterocycles. The van der Waals surface area contributed by atoms with Crippen molar-refractivity contribution in [2.24, 2.45) is 40.4 Å². The lowest BCUT2D eigenvalue weighted by atomic mass is 9.48. The third-order valence-corrected chi connectivity index (χ3v) is 9.66. The second-order valence-electron chi connectivity index (χ2n) is 11.1. The average molecular weight is 457 g/mol. The fourth-order valence-corrected chi connectivity index (χ4v) is 7.77. The van der Waals surface area contributed by atoms with Gasteiger partial charge in [-0.15, -0.1) is 0 Å². The van der Waals surface area contributed by atoms with Crippen LogP contribution in [0.3, 0.4) is 0 Å². The highest BCUT2D eigenvalue weighted by Crippen LogP contribution is 2.65. The fraction of sp³-hybridized carbons (Fsp3) is 0.750. The van der Waals surface area contributed by atoms with Gasteiger partial charge in [0.2, 0.25) is 0 Å². The van der Waals surface area contributed by atoms with Gasteiger partial charge in [0, 0.05) is 6.42 Å². The van der Waals surface area contributed by atoms with Crippen LogP contribution in [-0.2, 0) is 23.9 Å². The molecule has 0 radical (unpaired) electrons. The molecule has 0 aromatic heterocycles. The molecule has 4 aliphatic rings. The number of hydrogen-bond acceptors (Lipinski definition) is 5. The molecule has 182 valence electrons. The molecule has 4 rings (SSSR count). The van der Waals surface area contributed by atoms with Crippen LogP contribution < -0.4 is 0 Å². The number of ether oxygens (including phenoxy) is 2. The van der Waals surface area contributed by atoms with Gasteiger partial charge < -0.3 is 9.47 Å². The molecule has 0 saturated heterocycles. The van der Waals surface area contributed by atoms with Gasteiger partial charge in [-0.25, -0.2) is 0 Å². The molecule has 5 nitrogen and oxygen atoms in total. The van der Waals surface area contributed by atoms with Gasteiger partial charge in [0.1, 0.15) is 0 Å². The highest BCUT2D eigenvalue weighted by Gasteiger charge is 2.57. The van der Waals surface area contributed by atoms with Crippen LogP contribution in [0.2, 0.25) is 0 Å². The number of ketones is 1. The molecule has 6 atom stereocenters. The maximum Gasteiger partial charge on any atom is 0.320 e. The van der Waals surface area contributed by atoms with E-state index in [1.54, 1.807) is 13.8 Å². The van der Waals surface area contributed by atoms with E-state index >= 15 is 0 Å². The van der Waals surface area contributed by atoms with Gasteiger partial charge in [0.25, 0.3) is 0 Å². The van der Waals surface area contributed by atoms with Crippen LogP contribution in [0.5, 0.6) is 0 Å². The topological polar surface area (TPSA) is 69.7 Å². The Kier molecular flexibility index (Phi) is 6.89. The Morgan fingerprint density at radius 2 is 1.73 bits per heavy atom. The lowest BCUT2D eigenvalue weighted by molar-refractivity contribution is -0.162. The third-order valence-electron chi connectivity index (χ3n) is 9.66. The number of carbonyl (C=O) groups is 3. The van der Waals surface area contributed by atoms with E-state index in [0.717, 1.165) is 19.3 Å². The summed E-state index contributed by atoms with van der Waals surface area (Å²) in [6.45, 7) is 8.90. The molecule has 0 amide bonds. The first-order valence-corrected chi connectivity index (χ1v) is 13.0. The van der Waals surface area contributed by atoms with Gasteiger partial charge in [0.15, 0.2) is 11.7 Å². The minimum absolute atomic E-state index is 0.117. The summed E-state index contributed by atoms with van der Waals surface area (Å²) in [5.41, 5.74) is 1.58. The van der Waals surface area contributed by atoms with Crippen molar-refractivity contribution in [3.8, 4) is 0 Å². The van der Waals surface area contributed by atoms with E-state index in [-0.39, 0.29) is 29.8 Å². The number of rotatable bonds is 7. The minimum Gasteiger partial charge on any atom is -0.465 e. The van der Waals surface area contributed by atoms with Crippen LogP contribution in [0.1, 0.15) is 79.1 Å². The number of carbonyl (C=O) groups excluding carboxylic acids is 3. The van der Waals surface area contributed by atoms with Crippen LogP contribution >= 0.6 is 0 Å². The van der Waals surface area contributed by atoms with Gasteiger partial charge in [-0.2, -0.15) is 0 Å². The molecule has 3 unspecified atom stereocenters. The third kappa shape index (κ3) is 4.21. The van der Waals surface area contributed by atoms with Gasteiger partial charge in [-0.05, 0) is 105 Å². The zero-order valence-corrected chi connectivity index (χ0v) is 20.7. The standard InChI is InChI=1S/C28H40O5/c1-5-32-25(30)22(26(31)33-6-2)11-7-18-9-12-23-21-10-8-19-17-20(29)13-15-28(19,4)24(21)14-16-27(18,23)3/h8,10,17-18,21-24H,5-7,9,11-16H2,1-4H3/t18-,21?,23?,24?,27+,28-/m0/s1. The van der Waals surface area contributed by atoms with Crippen molar-refractivity contribution in [1.29, 1.82) is 0 Å². The highest BCUT2D eigenvalue weighted by atomic mass is 16.6. The van der Waals surface area contributed by atoms with Crippen molar-refractivity contribution in [1.82, 2.24) is 0 Å². The van der Waals surface area contributed by atoms with Crippen molar-refractivity contribution in [3.63, 3.8) is 0 Å². The summed E-state index contributed by atoms with van der Waals surface area (Å²) in [7, 11) is 0. The maximum absolute atomic E-state index is 12.4. The SMILES string of the molecule is CCOC(=O)C(CC[C@H]1CCC2C3C=CC4=CC(=O)CC[C@]4(C)C3CC[C@@]21C)C(=O)OCC. The first-order chi connectivity index (χ1) is 15.7. The summed E-state index contributed by atoms with van der Waals surface area (Å²) in [5, 5.41) is 0. The summed E-state index contributed by atoms with van der Waals surface area (Å²) in [6.07, 6.45) is 14.2. The summed E-state index contributed by atoms with van der Waals surface area (Å²) in [5.74, 6) is 0.829. The predicted molar refractivity (Wildman–Crippen MR) is 126 cm³/mol. The first-order valence-electron chi connectivity index (χ1n) is 13.0. The van der Waals surface area contributed by atoms with Crippen molar-refractivity contribution in [2.45, 2.75) is 79.1 Å². The van der Waals surface area contributed by atoms with E-state index in [2.05, 4.69) is 26.0 Å². The van der Waals surface area contributed by atoms with E-state index in [1.807, 2.05) is 6.08 Å². The van der Waals surface area contributed by atoms with E-state index in [9.17, 15) is 14.4 Å². The normalized spacial score (nSPS) is 37.1. The Morgan fingerprint density at radius 3 is 2.39 bits per heavy atom. The number of hydrogen-bond donors (Lipinski definition) is 0. The minimum atomic E-state index is -0.815. The number of esters is 2. The zero-order chi connectivity index (χ0) is 23.8. The molecular weight excluding hydrogens is 416 g/mol. The summed E-state index contributed by atoms with van der Waals surface area (Å²) in [4.78, 5) is 36.9. The lowest BCUT2D eigenvalue weighted by Gasteiger charge is -2.56. The molecule has 2 saturated carbocycles. The molecule has 0 aromatic carbocycles. The quantitative estimate of drug-likeness (QED) is 0.377. The Bertz CT molecular complexity index is 838. The predicted octanol–water partition coefficient (Wildman–Crippen LogP) is 5.43. The molecule has 4 aliphatic carbocycles. The van der Waals surface area contributed by atoms with Crippen LogP contribution in [0.4, 0.5) is 0 Å². The molecule has 0 spiro atoms. The first kappa shape index (κ1) is 24.2. The molecular formula is C28H40O5. The van der Waals surface area contributed by atoms with Crippen molar-refractivity contribution < 1.29 is 23.9 Å². The summed E-state index contributed by atoms with van der Waals surface area (Å²) >= 11 is 0. The van der Waals surface area contributed by atoms with Crippen LogP contribution in [0.15, 0.2) is 23.8 Å². The molecule has 0 bridgehead atoms.